The number of hydrogen-bond donors (Lipinski definition) is 2. The summed E-state index contributed by atoms with van der Waals surface area (Å²) in [7, 11) is 0. The fourth-order valence-electron chi connectivity index (χ4n) is 1.56. The van der Waals surface area contributed by atoms with Crippen LogP contribution >= 0.6 is 12.2 Å². The van der Waals surface area contributed by atoms with Crippen molar-refractivity contribution in [2.75, 3.05) is 0 Å². The number of nitrogens with zero attached hydrogens (tertiary/aromatic N) is 2. The molecule has 1 heterocycles. The van der Waals surface area contributed by atoms with Crippen molar-refractivity contribution in [2.45, 2.75) is 6.92 Å². The van der Waals surface area contributed by atoms with E-state index in [1.165, 1.54) is 12.4 Å². The third-order valence-electron chi connectivity index (χ3n) is 2.68. The van der Waals surface area contributed by atoms with Crippen molar-refractivity contribution in [3.05, 3.63) is 65.5 Å². The highest BCUT2D eigenvalue weighted by atomic mass is 32.1. The van der Waals surface area contributed by atoms with E-state index in [2.05, 4.69) is 10.4 Å². The maximum atomic E-state index is 12.0. The molecule has 0 atom stereocenters. The van der Waals surface area contributed by atoms with E-state index in [0.29, 0.717) is 10.6 Å². The first-order chi connectivity index (χ1) is 9.58. The summed E-state index contributed by atoms with van der Waals surface area (Å²) in [4.78, 5) is 16.2. The molecule has 2 rings (SSSR count). The van der Waals surface area contributed by atoms with Gasteiger partial charge >= 0.3 is 0 Å². The Morgan fingerprint density at radius 3 is 2.35 bits per heavy atom. The molecule has 0 radical (unpaired) electrons. The maximum absolute atomic E-state index is 12.0. The van der Waals surface area contributed by atoms with Crippen LogP contribution in [0.5, 0.6) is 0 Å². The van der Waals surface area contributed by atoms with Gasteiger partial charge in [-0.05, 0) is 19.1 Å². The zero-order valence-corrected chi connectivity index (χ0v) is 11.7. The SMILES string of the molecule is Cc1ccc(C(=S)NN(N)C(=O)c2ccncc2)cc1. The molecule has 20 heavy (non-hydrogen) atoms. The summed E-state index contributed by atoms with van der Waals surface area (Å²) < 4.78 is 0. The van der Waals surface area contributed by atoms with Crippen molar-refractivity contribution >= 4 is 23.1 Å². The molecule has 0 aliphatic heterocycles. The van der Waals surface area contributed by atoms with Gasteiger partial charge in [0.1, 0.15) is 4.99 Å². The summed E-state index contributed by atoms with van der Waals surface area (Å²) in [5.41, 5.74) is 5.05. The van der Waals surface area contributed by atoms with Gasteiger partial charge in [-0.1, -0.05) is 42.0 Å². The number of aromatic nitrogens is 1. The van der Waals surface area contributed by atoms with Crippen LogP contribution in [0.25, 0.3) is 0 Å². The summed E-state index contributed by atoms with van der Waals surface area (Å²) in [5, 5.41) is 0.873. The predicted octanol–water partition coefficient (Wildman–Crippen LogP) is 1.59. The largest absolute Gasteiger partial charge is 0.287 e. The molecule has 5 nitrogen and oxygen atoms in total. The lowest BCUT2D eigenvalue weighted by molar-refractivity contribution is 0.0712. The third-order valence-corrected chi connectivity index (χ3v) is 3.01. The molecule has 1 amide bonds. The van der Waals surface area contributed by atoms with E-state index in [4.69, 9.17) is 18.1 Å². The number of pyridine rings is 1. The van der Waals surface area contributed by atoms with Crippen molar-refractivity contribution in [3.8, 4) is 0 Å². The zero-order valence-electron chi connectivity index (χ0n) is 10.9. The summed E-state index contributed by atoms with van der Waals surface area (Å²) in [5.74, 6) is 5.30. The molecule has 0 unspecified atom stereocenters. The fourth-order valence-corrected chi connectivity index (χ4v) is 1.80. The van der Waals surface area contributed by atoms with Crippen LogP contribution < -0.4 is 11.3 Å². The van der Waals surface area contributed by atoms with Crippen LogP contribution in [0.15, 0.2) is 48.8 Å². The number of benzene rings is 1. The molecule has 3 N–H and O–H groups in total. The number of nitrogens with one attached hydrogen (secondary N) is 1. The number of rotatable bonds is 2. The Bertz CT molecular complexity index is 613. The number of carbonyl (C=O) groups excluding carboxylic acids is 1. The summed E-state index contributed by atoms with van der Waals surface area (Å²) in [6, 6.07) is 10.8. The maximum Gasteiger partial charge on any atom is 0.287 e. The first-order valence-electron chi connectivity index (χ1n) is 5.95. The lowest BCUT2D eigenvalue weighted by Gasteiger charge is -2.19. The summed E-state index contributed by atoms with van der Waals surface area (Å²) >= 11 is 5.21. The molecule has 0 aliphatic carbocycles. The Kier molecular flexibility index (Phi) is 4.39. The second-order valence-corrected chi connectivity index (χ2v) is 4.63. The fraction of sp³-hybridized carbons (Fsp3) is 0.0714. The molecule has 1 aromatic carbocycles. The van der Waals surface area contributed by atoms with Gasteiger partial charge < -0.3 is 0 Å². The van der Waals surface area contributed by atoms with E-state index in [9.17, 15) is 4.79 Å². The molecule has 0 aliphatic rings. The van der Waals surface area contributed by atoms with Crippen molar-refractivity contribution < 1.29 is 4.79 Å². The number of aryl methyl sites for hydroxylation is 1. The smallest absolute Gasteiger partial charge is 0.270 e. The monoisotopic (exact) mass is 286 g/mol. The van der Waals surface area contributed by atoms with E-state index in [1.807, 2.05) is 31.2 Å². The predicted molar refractivity (Wildman–Crippen MR) is 80.6 cm³/mol. The lowest BCUT2D eigenvalue weighted by Crippen LogP contribution is -2.50. The van der Waals surface area contributed by atoms with Gasteiger partial charge in [-0.2, -0.15) is 5.12 Å². The Morgan fingerprint density at radius 1 is 1.15 bits per heavy atom. The standard InChI is InChI=1S/C14H14N4OS/c1-10-2-4-11(5-3-10)13(20)17-18(15)14(19)12-6-8-16-9-7-12/h2-9H,15H2,1H3,(H,17,20). The van der Waals surface area contributed by atoms with Gasteiger partial charge in [0.25, 0.3) is 5.91 Å². The Labute approximate surface area is 122 Å². The quantitative estimate of drug-likeness (QED) is 0.380. The Balaban J connectivity index is 2.04. The lowest BCUT2D eigenvalue weighted by atomic mass is 10.1. The van der Waals surface area contributed by atoms with Gasteiger partial charge in [0, 0.05) is 23.5 Å². The molecular weight excluding hydrogens is 272 g/mol. The summed E-state index contributed by atoms with van der Waals surface area (Å²) in [6.45, 7) is 1.99. The molecule has 2 aromatic rings. The normalized spacial score (nSPS) is 9.90. The molecule has 0 fully saturated rings. The molecule has 1 aromatic heterocycles. The van der Waals surface area contributed by atoms with Crippen molar-refractivity contribution in [2.24, 2.45) is 5.84 Å². The number of nitrogens with two attached hydrogens (primary N) is 1. The van der Waals surface area contributed by atoms with Crippen LogP contribution in [0.3, 0.4) is 0 Å². The van der Waals surface area contributed by atoms with E-state index in [-0.39, 0.29) is 5.91 Å². The topological polar surface area (TPSA) is 71.2 Å². The second-order valence-electron chi connectivity index (χ2n) is 4.22. The number of hydrazine groups is 2. The van der Waals surface area contributed by atoms with Crippen LogP contribution in [0.1, 0.15) is 21.5 Å². The minimum Gasteiger partial charge on any atom is -0.270 e. The van der Waals surface area contributed by atoms with E-state index >= 15 is 0 Å². The average molecular weight is 286 g/mol. The number of carbonyl (C=O) groups is 1. The first kappa shape index (κ1) is 14.1. The molecular formula is C14H14N4OS. The molecule has 0 saturated carbocycles. The van der Waals surface area contributed by atoms with Gasteiger partial charge in [-0.25, -0.2) is 5.84 Å². The van der Waals surface area contributed by atoms with Crippen LogP contribution in [0, 0.1) is 6.92 Å². The molecule has 0 saturated heterocycles. The molecule has 0 spiro atoms. The zero-order chi connectivity index (χ0) is 14.5. The van der Waals surface area contributed by atoms with Crippen molar-refractivity contribution in [1.29, 1.82) is 0 Å². The molecule has 6 heteroatoms. The van der Waals surface area contributed by atoms with E-state index in [0.717, 1.165) is 16.2 Å². The molecule has 102 valence electrons. The van der Waals surface area contributed by atoms with Gasteiger partial charge in [-0.3, -0.25) is 15.2 Å². The van der Waals surface area contributed by atoms with E-state index < -0.39 is 0 Å². The minimum absolute atomic E-state index is 0.384. The summed E-state index contributed by atoms with van der Waals surface area (Å²) in [6.07, 6.45) is 3.05. The highest BCUT2D eigenvalue weighted by Gasteiger charge is 2.13. The highest BCUT2D eigenvalue weighted by molar-refractivity contribution is 7.80. The van der Waals surface area contributed by atoms with Crippen molar-refractivity contribution in [3.63, 3.8) is 0 Å². The number of thiocarbonyl (C=S) groups is 1. The Morgan fingerprint density at radius 2 is 1.75 bits per heavy atom. The van der Waals surface area contributed by atoms with Gasteiger partial charge in [0.2, 0.25) is 0 Å². The van der Waals surface area contributed by atoms with Crippen LogP contribution in [0.4, 0.5) is 0 Å². The van der Waals surface area contributed by atoms with E-state index in [1.54, 1.807) is 12.1 Å². The van der Waals surface area contributed by atoms with Gasteiger partial charge in [-0.15, -0.1) is 0 Å². The second kappa shape index (κ2) is 6.23. The number of amides is 1. The number of hydrogen-bond acceptors (Lipinski definition) is 4. The third kappa shape index (κ3) is 3.37. The minimum atomic E-state index is -0.387. The van der Waals surface area contributed by atoms with Gasteiger partial charge in [0.05, 0.1) is 0 Å². The Hall–Kier alpha value is -2.31. The molecule has 0 bridgehead atoms. The first-order valence-corrected chi connectivity index (χ1v) is 6.35. The van der Waals surface area contributed by atoms with Gasteiger partial charge in [0.15, 0.2) is 0 Å². The van der Waals surface area contributed by atoms with Crippen molar-refractivity contribution in [1.82, 2.24) is 15.5 Å². The van der Waals surface area contributed by atoms with Crippen LogP contribution in [-0.4, -0.2) is 21.0 Å². The average Bonchev–Trinajstić information content (AvgIpc) is 2.48. The van der Waals surface area contributed by atoms with Crippen LogP contribution in [-0.2, 0) is 0 Å². The van der Waals surface area contributed by atoms with Crippen LogP contribution in [0.2, 0.25) is 0 Å². The highest BCUT2D eigenvalue weighted by Crippen LogP contribution is 2.05.